The zero-order valence-electron chi connectivity index (χ0n) is 26.4. The minimum Gasteiger partial charge on any atom is -0.497 e. The van der Waals surface area contributed by atoms with Gasteiger partial charge in [0.1, 0.15) is 22.8 Å². The summed E-state index contributed by atoms with van der Waals surface area (Å²) in [5, 5.41) is 14.4. The maximum absolute atomic E-state index is 12.5. The third-order valence-electron chi connectivity index (χ3n) is 10.0. The fourth-order valence-corrected chi connectivity index (χ4v) is 7.58. The van der Waals surface area contributed by atoms with Gasteiger partial charge >= 0.3 is 0 Å². The second kappa shape index (κ2) is 10.9. The molecule has 46 heavy (non-hydrogen) atoms. The van der Waals surface area contributed by atoms with E-state index < -0.39 is 11.2 Å². The van der Waals surface area contributed by atoms with Crippen LogP contribution < -0.4 is 19.1 Å². The maximum Gasteiger partial charge on any atom is 0.178 e. The number of anilines is 1. The highest BCUT2D eigenvalue weighted by atomic mass is 16.5. The van der Waals surface area contributed by atoms with Crippen LogP contribution in [-0.4, -0.2) is 45.6 Å². The number of methoxy groups -OCH3 is 2. The lowest BCUT2D eigenvalue weighted by Crippen LogP contribution is -2.37. The number of morpholine rings is 1. The fourth-order valence-electron chi connectivity index (χ4n) is 7.58. The quantitative estimate of drug-likeness (QED) is 0.213. The van der Waals surface area contributed by atoms with E-state index in [1.807, 2.05) is 43.3 Å². The van der Waals surface area contributed by atoms with E-state index in [0.29, 0.717) is 6.42 Å². The second-order valence-electron chi connectivity index (χ2n) is 12.2. The smallest absolute Gasteiger partial charge is 0.178 e. The number of rotatable bonds is 6. The minimum atomic E-state index is -1.16. The van der Waals surface area contributed by atoms with Crippen LogP contribution in [0.1, 0.15) is 41.2 Å². The van der Waals surface area contributed by atoms with Gasteiger partial charge in [0.2, 0.25) is 0 Å². The van der Waals surface area contributed by atoms with Gasteiger partial charge in [0.15, 0.2) is 5.60 Å². The van der Waals surface area contributed by atoms with Gasteiger partial charge in [-0.15, -0.1) is 0 Å². The predicted molar refractivity (Wildman–Crippen MR) is 182 cm³/mol. The highest BCUT2D eigenvalue weighted by molar-refractivity contribution is 6.08. The van der Waals surface area contributed by atoms with Gasteiger partial charge in [0.25, 0.3) is 0 Å². The summed E-state index contributed by atoms with van der Waals surface area (Å²) < 4.78 is 24.2. The molecule has 0 spiro atoms. The molecule has 5 aromatic rings. The Bertz CT molecular complexity index is 1980. The molecule has 2 heterocycles. The van der Waals surface area contributed by atoms with Crippen LogP contribution in [0.4, 0.5) is 5.69 Å². The summed E-state index contributed by atoms with van der Waals surface area (Å²) in [6.07, 6.45) is 4.83. The summed E-state index contributed by atoms with van der Waals surface area (Å²) in [6.45, 7) is 5.24. The molecule has 1 aliphatic carbocycles. The zero-order chi connectivity index (χ0) is 31.5. The largest absolute Gasteiger partial charge is 0.497 e. The Hall–Kier alpha value is -4.78. The fraction of sp³-hybridized carbons (Fsp3) is 0.250. The Labute approximate surface area is 269 Å². The monoisotopic (exact) mass is 611 g/mol. The Kier molecular flexibility index (Phi) is 6.82. The molecule has 0 saturated carbocycles. The Morgan fingerprint density at radius 1 is 0.804 bits per heavy atom. The molecular weight excluding hydrogens is 574 g/mol. The summed E-state index contributed by atoms with van der Waals surface area (Å²) in [4.78, 5) is 2.35. The average molecular weight is 612 g/mol. The van der Waals surface area contributed by atoms with Crippen molar-refractivity contribution in [1.82, 2.24) is 0 Å². The van der Waals surface area contributed by atoms with Crippen molar-refractivity contribution in [2.75, 3.05) is 45.4 Å². The topological polar surface area (TPSA) is 60.4 Å². The van der Waals surface area contributed by atoms with Gasteiger partial charge in [-0.2, -0.15) is 0 Å². The maximum atomic E-state index is 12.5. The number of aliphatic hydroxyl groups is 1. The summed E-state index contributed by atoms with van der Waals surface area (Å²) in [6, 6.07) is 31.1. The second-order valence-corrected chi connectivity index (χ2v) is 12.2. The van der Waals surface area contributed by atoms with E-state index >= 15 is 0 Å². The van der Waals surface area contributed by atoms with Crippen LogP contribution in [0.5, 0.6) is 17.2 Å². The van der Waals surface area contributed by atoms with Crippen LogP contribution in [0, 0.1) is 0 Å². The first-order valence-corrected chi connectivity index (χ1v) is 16.0. The number of hydrogen-bond donors (Lipinski definition) is 1. The minimum absolute atomic E-state index is 0.533. The Morgan fingerprint density at radius 3 is 2.17 bits per heavy atom. The van der Waals surface area contributed by atoms with E-state index in [0.717, 1.165) is 99.0 Å². The highest BCUT2D eigenvalue weighted by Crippen LogP contribution is 2.58. The summed E-state index contributed by atoms with van der Waals surface area (Å²) in [5.74, 6) is 2.25. The van der Waals surface area contributed by atoms with Crippen molar-refractivity contribution in [2.45, 2.75) is 24.5 Å². The highest BCUT2D eigenvalue weighted by Gasteiger charge is 2.46. The van der Waals surface area contributed by atoms with Crippen molar-refractivity contribution < 1.29 is 24.1 Å². The molecule has 1 N–H and O–H groups in total. The Balaban J connectivity index is 1.38. The number of ether oxygens (including phenoxy) is 4. The van der Waals surface area contributed by atoms with E-state index in [9.17, 15) is 5.11 Å². The molecule has 6 heteroatoms. The van der Waals surface area contributed by atoms with Gasteiger partial charge in [-0.3, -0.25) is 0 Å². The normalized spacial score (nSPS) is 21.3. The lowest BCUT2D eigenvalue weighted by Gasteiger charge is -2.39. The summed E-state index contributed by atoms with van der Waals surface area (Å²) in [7, 11) is 3.36. The molecule has 1 fully saturated rings. The molecule has 0 radical (unpaired) electrons. The molecule has 5 aromatic carbocycles. The number of benzene rings is 5. The molecule has 6 nitrogen and oxygen atoms in total. The van der Waals surface area contributed by atoms with Crippen LogP contribution in [0.25, 0.3) is 28.0 Å². The van der Waals surface area contributed by atoms with Crippen LogP contribution in [0.3, 0.4) is 0 Å². The van der Waals surface area contributed by atoms with Crippen molar-refractivity contribution in [1.29, 1.82) is 0 Å². The molecule has 0 aromatic heterocycles. The zero-order valence-corrected chi connectivity index (χ0v) is 26.4. The third-order valence-corrected chi connectivity index (χ3v) is 10.0. The van der Waals surface area contributed by atoms with Crippen LogP contribution in [0.15, 0.2) is 97.1 Å². The number of fused-ring (bicyclic) bond motifs is 8. The molecule has 2 atom stereocenters. The van der Waals surface area contributed by atoms with Gasteiger partial charge in [-0.1, -0.05) is 61.5 Å². The van der Waals surface area contributed by atoms with Gasteiger partial charge in [-0.25, -0.2) is 0 Å². The molecule has 2 aliphatic heterocycles. The first kappa shape index (κ1) is 28.7. The molecule has 232 valence electrons. The predicted octanol–water partition coefficient (Wildman–Crippen LogP) is 7.67. The lowest BCUT2D eigenvalue weighted by molar-refractivity contribution is 0.0801. The number of hydrogen-bond acceptors (Lipinski definition) is 6. The van der Waals surface area contributed by atoms with Crippen molar-refractivity contribution >= 4 is 22.5 Å². The molecular formula is C40H37NO5. The molecule has 0 amide bonds. The average Bonchev–Trinajstić information content (AvgIpc) is 3.40. The number of nitrogens with zero attached hydrogens (tertiary/aromatic N) is 1. The van der Waals surface area contributed by atoms with E-state index in [-0.39, 0.29) is 0 Å². The van der Waals surface area contributed by atoms with E-state index in [4.69, 9.17) is 18.9 Å². The van der Waals surface area contributed by atoms with Gasteiger partial charge in [-0.05, 0) is 77.0 Å². The van der Waals surface area contributed by atoms with Crippen LogP contribution in [-0.2, 0) is 15.9 Å². The van der Waals surface area contributed by atoms with Crippen molar-refractivity contribution in [3.8, 4) is 28.4 Å². The SMILES string of the molecule is CCC1(O)c2ccccc2-c2c1c1c(c3cc(OC)ccc23)OC(c2ccc(OC)cc2)(c2ccc(N3CCOCC3)cc2)C=C1. The van der Waals surface area contributed by atoms with Crippen LogP contribution in [0.2, 0.25) is 0 Å². The summed E-state index contributed by atoms with van der Waals surface area (Å²) in [5.41, 5.74) is 5.86. The molecule has 3 aliphatic rings. The standard InChI is InChI=1S/C40H37NO5/c1-4-39(42)35-8-6-5-7-32(35)36-31-18-17-30(44-3)25-34(31)38-33(37(36)39)19-20-40(46-38,27-11-15-29(43-2)16-12-27)26-9-13-28(14-10-26)41-21-23-45-24-22-41/h5-20,25,42H,4,21-24H2,1-3H3. The molecule has 0 bridgehead atoms. The van der Waals surface area contributed by atoms with Crippen molar-refractivity contribution in [3.05, 3.63) is 125 Å². The van der Waals surface area contributed by atoms with Gasteiger partial charge in [0.05, 0.1) is 27.4 Å². The van der Waals surface area contributed by atoms with E-state index in [1.54, 1.807) is 14.2 Å². The van der Waals surface area contributed by atoms with E-state index in [2.05, 4.69) is 71.6 Å². The van der Waals surface area contributed by atoms with Gasteiger partial charge < -0.3 is 29.0 Å². The van der Waals surface area contributed by atoms with Crippen LogP contribution >= 0.6 is 0 Å². The first-order valence-electron chi connectivity index (χ1n) is 16.0. The first-order chi connectivity index (χ1) is 22.5. The molecule has 2 unspecified atom stereocenters. The van der Waals surface area contributed by atoms with Crippen molar-refractivity contribution in [3.63, 3.8) is 0 Å². The summed E-state index contributed by atoms with van der Waals surface area (Å²) >= 11 is 0. The lowest BCUT2D eigenvalue weighted by atomic mass is 9.79. The Morgan fingerprint density at radius 2 is 1.48 bits per heavy atom. The molecule has 1 saturated heterocycles. The van der Waals surface area contributed by atoms with E-state index in [1.165, 1.54) is 0 Å². The molecule has 8 rings (SSSR count). The third kappa shape index (κ3) is 4.17. The van der Waals surface area contributed by atoms with Crippen molar-refractivity contribution in [2.24, 2.45) is 0 Å². The van der Waals surface area contributed by atoms with Gasteiger partial charge in [0, 0.05) is 46.4 Å².